The summed E-state index contributed by atoms with van der Waals surface area (Å²) in [5.74, 6) is 0.377. The average Bonchev–Trinajstić information content (AvgIpc) is 2.93. The number of rotatable bonds is 6. The summed E-state index contributed by atoms with van der Waals surface area (Å²) in [6.45, 7) is 6.28. The lowest BCUT2D eigenvalue weighted by molar-refractivity contribution is -0.144. The van der Waals surface area contributed by atoms with E-state index >= 15 is 0 Å². The van der Waals surface area contributed by atoms with Crippen molar-refractivity contribution in [3.63, 3.8) is 0 Å². The number of piperidine rings is 1. The van der Waals surface area contributed by atoms with Gasteiger partial charge in [-0.15, -0.1) is 0 Å². The first-order valence-corrected chi connectivity index (χ1v) is 7.53. The Morgan fingerprint density at radius 3 is 3.05 bits per heavy atom. The number of hydrogen-bond acceptors (Lipinski definition) is 4. The van der Waals surface area contributed by atoms with Gasteiger partial charge in [-0.05, 0) is 32.8 Å². The summed E-state index contributed by atoms with van der Waals surface area (Å²) in [6.07, 6.45) is 1.67. The van der Waals surface area contributed by atoms with Crippen LogP contribution in [0.1, 0.15) is 37.1 Å². The Kier molecular flexibility index (Phi) is 5.76. The molecule has 1 N–H and O–H groups in total. The maximum absolute atomic E-state index is 12.4. The summed E-state index contributed by atoms with van der Waals surface area (Å²) in [7, 11) is 1.62. The fraction of sp³-hybridized carbons (Fsp3) is 0.733. The lowest BCUT2D eigenvalue weighted by Gasteiger charge is -2.33. The number of hydrogen-bond donors (Lipinski definition) is 1. The van der Waals surface area contributed by atoms with Gasteiger partial charge in [0.05, 0.1) is 18.9 Å². The zero-order chi connectivity index (χ0) is 15.2. The molecule has 21 heavy (non-hydrogen) atoms. The number of aryl methyl sites for hydroxylation is 1. The molecule has 118 valence electrons. The van der Waals surface area contributed by atoms with Crippen molar-refractivity contribution in [2.45, 2.75) is 38.7 Å². The molecule has 1 aromatic heterocycles. The molecule has 6 heteroatoms. The van der Waals surface area contributed by atoms with Crippen LogP contribution < -0.4 is 0 Å². The second-order valence-electron chi connectivity index (χ2n) is 5.61. The molecule has 1 aliphatic heterocycles. The molecule has 0 spiro atoms. The molecule has 1 aromatic rings. The van der Waals surface area contributed by atoms with E-state index in [0.29, 0.717) is 19.1 Å². The van der Waals surface area contributed by atoms with Crippen LogP contribution in [0.5, 0.6) is 0 Å². The molecular weight excluding hydrogens is 270 g/mol. The van der Waals surface area contributed by atoms with Crippen molar-refractivity contribution in [3.05, 3.63) is 17.5 Å². The van der Waals surface area contributed by atoms with Gasteiger partial charge in [-0.25, -0.2) is 0 Å². The van der Waals surface area contributed by atoms with Gasteiger partial charge in [-0.2, -0.15) is 5.10 Å². The van der Waals surface area contributed by atoms with E-state index in [4.69, 9.17) is 9.47 Å². The number of methoxy groups -OCH3 is 1. The summed E-state index contributed by atoms with van der Waals surface area (Å²) in [5.41, 5.74) is 2.11. The number of nitrogens with one attached hydrogen (secondary N) is 1. The van der Waals surface area contributed by atoms with E-state index in [2.05, 4.69) is 16.3 Å². The molecule has 1 fully saturated rings. The predicted molar refractivity (Wildman–Crippen MR) is 79.2 cm³/mol. The van der Waals surface area contributed by atoms with Crippen molar-refractivity contribution in [1.82, 2.24) is 15.1 Å². The molecule has 1 amide bonds. The van der Waals surface area contributed by atoms with Crippen LogP contribution in [-0.2, 0) is 14.3 Å². The van der Waals surface area contributed by atoms with E-state index in [1.165, 1.54) is 0 Å². The van der Waals surface area contributed by atoms with E-state index in [1.807, 2.05) is 11.8 Å². The Morgan fingerprint density at radius 1 is 1.57 bits per heavy atom. The molecule has 6 nitrogen and oxygen atoms in total. The average molecular weight is 295 g/mol. The molecule has 0 aromatic carbocycles. The molecular formula is C15H25N3O3. The normalized spacial score (nSPS) is 20.5. The van der Waals surface area contributed by atoms with Crippen LogP contribution >= 0.6 is 0 Å². The Morgan fingerprint density at radius 2 is 2.38 bits per heavy atom. The van der Waals surface area contributed by atoms with Crippen LogP contribution in [0.3, 0.4) is 0 Å². The molecule has 0 saturated carbocycles. The number of ether oxygens (including phenoxy) is 2. The fourth-order valence-corrected chi connectivity index (χ4v) is 2.70. The van der Waals surface area contributed by atoms with Gasteiger partial charge in [-0.1, -0.05) is 0 Å². The number of likely N-dealkylation sites (tertiary alicyclic amines) is 1. The van der Waals surface area contributed by atoms with Crippen LogP contribution in [0.25, 0.3) is 0 Å². The zero-order valence-electron chi connectivity index (χ0n) is 13.1. The Hall–Kier alpha value is -1.40. The second-order valence-corrected chi connectivity index (χ2v) is 5.61. The highest BCUT2D eigenvalue weighted by atomic mass is 16.5. The molecule has 2 heterocycles. The predicted octanol–water partition coefficient (Wildman–Crippen LogP) is 1.48. The first kappa shape index (κ1) is 16.0. The summed E-state index contributed by atoms with van der Waals surface area (Å²) in [6, 6.07) is 2.07. The Balaban J connectivity index is 1.89. The third kappa shape index (κ3) is 4.28. The Labute approximate surface area is 125 Å². The van der Waals surface area contributed by atoms with Gasteiger partial charge < -0.3 is 14.4 Å². The van der Waals surface area contributed by atoms with Crippen molar-refractivity contribution in [2.24, 2.45) is 0 Å². The summed E-state index contributed by atoms with van der Waals surface area (Å²) >= 11 is 0. The van der Waals surface area contributed by atoms with Crippen molar-refractivity contribution in [3.8, 4) is 0 Å². The Bertz CT molecular complexity index is 461. The molecule has 0 bridgehead atoms. The topological polar surface area (TPSA) is 67.5 Å². The molecule has 2 atom stereocenters. The van der Waals surface area contributed by atoms with E-state index in [9.17, 15) is 4.79 Å². The van der Waals surface area contributed by atoms with Crippen LogP contribution in [0.4, 0.5) is 0 Å². The monoisotopic (exact) mass is 295 g/mol. The number of aromatic amines is 1. The smallest absolute Gasteiger partial charge is 0.251 e. The fourth-order valence-electron chi connectivity index (χ4n) is 2.70. The maximum Gasteiger partial charge on any atom is 0.251 e. The maximum atomic E-state index is 12.4. The van der Waals surface area contributed by atoms with Gasteiger partial charge in [0.2, 0.25) is 0 Å². The van der Waals surface area contributed by atoms with Gasteiger partial charge in [0, 0.05) is 31.8 Å². The standard InChI is InChI=1S/C15H25N3O3/c1-11-9-14(17-16-11)13-5-4-6-18(10-13)15(19)12(2)21-8-7-20-3/h9,12-13H,4-8,10H2,1-3H3,(H,16,17)/t12-,13+/m0/s1. The first-order chi connectivity index (χ1) is 10.1. The highest BCUT2D eigenvalue weighted by Gasteiger charge is 2.28. The van der Waals surface area contributed by atoms with E-state index < -0.39 is 6.10 Å². The number of aromatic nitrogens is 2. The summed E-state index contributed by atoms with van der Waals surface area (Å²) in [5, 5.41) is 7.30. The van der Waals surface area contributed by atoms with E-state index in [0.717, 1.165) is 37.3 Å². The molecule has 1 aliphatic rings. The van der Waals surface area contributed by atoms with Crippen molar-refractivity contribution in [1.29, 1.82) is 0 Å². The van der Waals surface area contributed by atoms with E-state index in [-0.39, 0.29) is 5.91 Å². The van der Waals surface area contributed by atoms with E-state index in [1.54, 1.807) is 14.0 Å². The highest BCUT2D eigenvalue weighted by molar-refractivity contribution is 5.80. The van der Waals surface area contributed by atoms with Crippen molar-refractivity contribution in [2.75, 3.05) is 33.4 Å². The molecule has 0 radical (unpaired) electrons. The third-order valence-electron chi connectivity index (χ3n) is 3.88. The minimum atomic E-state index is -0.417. The highest BCUT2D eigenvalue weighted by Crippen LogP contribution is 2.26. The van der Waals surface area contributed by atoms with Gasteiger partial charge in [0.25, 0.3) is 5.91 Å². The molecule has 0 unspecified atom stereocenters. The number of carbonyl (C=O) groups excluding carboxylic acids is 1. The first-order valence-electron chi connectivity index (χ1n) is 7.53. The largest absolute Gasteiger partial charge is 0.382 e. The minimum Gasteiger partial charge on any atom is -0.382 e. The SMILES string of the molecule is COCCO[C@@H](C)C(=O)N1CCC[C@@H](c2cc(C)[nH]n2)C1. The molecule has 0 aliphatic carbocycles. The van der Waals surface area contributed by atoms with Crippen LogP contribution in [0, 0.1) is 6.92 Å². The number of amides is 1. The van der Waals surface area contributed by atoms with Crippen molar-refractivity contribution >= 4 is 5.91 Å². The lowest BCUT2D eigenvalue weighted by atomic mass is 9.94. The third-order valence-corrected chi connectivity index (χ3v) is 3.88. The number of H-pyrrole nitrogens is 1. The second kappa shape index (κ2) is 7.56. The summed E-state index contributed by atoms with van der Waals surface area (Å²) < 4.78 is 10.4. The quantitative estimate of drug-likeness (QED) is 0.807. The zero-order valence-corrected chi connectivity index (χ0v) is 13.1. The van der Waals surface area contributed by atoms with Gasteiger partial charge in [0.1, 0.15) is 6.10 Å². The van der Waals surface area contributed by atoms with Crippen LogP contribution in [0.15, 0.2) is 6.07 Å². The van der Waals surface area contributed by atoms with Crippen LogP contribution in [0.2, 0.25) is 0 Å². The number of carbonyl (C=O) groups is 1. The molecule has 1 saturated heterocycles. The van der Waals surface area contributed by atoms with Crippen molar-refractivity contribution < 1.29 is 14.3 Å². The summed E-state index contributed by atoms with van der Waals surface area (Å²) in [4.78, 5) is 14.3. The van der Waals surface area contributed by atoms with Crippen LogP contribution in [-0.4, -0.2) is 60.5 Å². The van der Waals surface area contributed by atoms with Gasteiger partial charge in [-0.3, -0.25) is 9.89 Å². The van der Waals surface area contributed by atoms with Gasteiger partial charge >= 0.3 is 0 Å². The minimum absolute atomic E-state index is 0.0584. The van der Waals surface area contributed by atoms with Gasteiger partial charge in [0.15, 0.2) is 0 Å². The molecule has 2 rings (SSSR count). The lowest BCUT2D eigenvalue weighted by Crippen LogP contribution is -2.44. The number of nitrogens with zero attached hydrogens (tertiary/aromatic N) is 2.